The van der Waals surface area contributed by atoms with E-state index in [0.717, 1.165) is 22.3 Å². The average Bonchev–Trinajstić information content (AvgIpc) is 3.27. The summed E-state index contributed by atoms with van der Waals surface area (Å²) in [6.45, 7) is 0.109. The highest BCUT2D eigenvalue weighted by Gasteiger charge is 2.40. The first-order valence-corrected chi connectivity index (χ1v) is 11.8. The van der Waals surface area contributed by atoms with E-state index in [2.05, 4.69) is 0 Å². The second-order valence-electron chi connectivity index (χ2n) is 8.13. The SMILES string of the molecule is COC(OC)c1ccccc1[C@@H](CC(=O)N1C(=O)OC[C@H]1c1ccccc1)c1ccc(Cl)c(Cl)c1. The Balaban J connectivity index is 1.75. The van der Waals surface area contributed by atoms with Crippen molar-refractivity contribution in [1.82, 2.24) is 4.90 Å². The molecule has 6 nitrogen and oxygen atoms in total. The number of carbonyl (C=O) groups excluding carboxylic acids is 2. The summed E-state index contributed by atoms with van der Waals surface area (Å²) in [5.74, 6) is -0.815. The van der Waals surface area contributed by atoms with Crippen LogP contribution in [0.4, 0.5) is 4.79 Å². The molecule has 2 amide bonds. The minimum atomic E-state index is -0.656. The summed E-state index contributed by atoms with van der Waals surface area (Å²) in [4.78, 5) is 27.5. The fourth-order valence-corrected chi connectivity index (χ4v) is 4.73. The zero-order valence-corrected chi connectivity index (χ0v) is 20.8. The summed E-state index contributed by atoms with van der Waals surface area (Å²) >= 11 is 12.5. The second kappa shape index (κ2) is 11.2. The van der Waals surface area contributed by atoms with Crippen LogP contribution >= 0.6 is 23.2 Å². The maximum absolute atomic E-state index is 13.7. The third kappa shape index (κ3) is 5.36. The molecule has 182 valence electrons. The van der Waals surface area contributed by atoms with Crippen molar-refractivity contribution in [2.75, 3.05) is 20.8 Å². The van der Waals surface area contributed by atoms with Crippen LogP contribution in [0.25, 0.3) is 0 Å². The molecule has 8 heteroatoms. The molecule has 35 heavy (non-hydrogen) atoms. The smallest absolute Gasteiger partial charge is 0.417 e. The van der Waals surface area contributed by atoms with Crippen LogP contribution in [-0.4, -0.2) is 37.7 Å². The average molecular weight is 514 g/mol. The summed E-state index contributed by atoms with van der Waals surface area (Å²) in [5.41, 5.74) is 3.19. The fraction of sp³-hybridized carbons (Fsp3) is 0.259. The van der Waals surface area contributed by atoms with Gasteiger partial charge in [0.1, 0.15) is 12.6 Å². The Morgan fingerprint density at radius 3 is 2.29 bits per heavy atom. The predicted molar refractivity (Wildman–Crippen MR) is 133 cm³/mol. The van der Waals surface area contributed by atoms with Gasteiger partial charge in [-0.3, -0.25) is 4.79 Å². The Morgan fingerprint density at radius 2 is 1.63 bits per heavy atom. The first kappa shape index (κ1) is 25.2. The number of cyclic esters (lactones) is 1. The molecule has 0 saturated carbocycles. The van der Waals surface area contributed by atoms with Crippen molar-refractivity contribution < 1.29 is 23.8 Å². The lowest BCUT2D eigenvalue weighted by Crippen LogP contribution is -2.35. The third-order valence-corrected chi connectivity index (χ3v) is 6.84. The molecule has 4 rings (SSSR count). The van der Waals surface area contributed by atoms with E-state index in [9.17, 15) is 9.59 Å². The summed E-state index contributed by atoms with van der Waals surface area (Å²) in [7, 11) is 3.10. The van der Waals surface area contributed by atoms with E-state index >= 15 is 0 Å². The summed E-state index contributed by atoms with van der Waals surface area (Å²) in [5, 5.41) is 0.782. The van der Waals surface area contributed by atoms with Gasteiger partial charge in [-0.15, -0.1) is 0 Å². The highest BCUT2D eigenvalue weighted by atomic mass is 35.5. The Hall–Kier alpha value is -2.90. The van der Waals surface area contributed by atoms with E-state index in [0.29, 0.717) is 10.0 Å². The topological polar surface area (TPSA) is 65.1 Å². The number of amides is 2. The molecular formula is C27H25Cl2NO5. The van der Waals surface area contributed by atoms with Crippen molar-refractivity contribution in [2.45, 2.75) is 24.7 Å². The van der Waals surface area contributed by atoms with Crippen LogP contribution in [0.3, 0.4) is 0 Å². The monoisotopic (exact) mass is 513 g/mol. The van der Waals surface area contributed by atoms with Gasteiger partial charge < -0.3 is 14.2 Å². The lowest BCUT2D eigenvalue weighted by atomic mass is 9.85. The van der Waals surface area contributed by atoms with Gasteiger partial charge >= 0.3 is 6.09 Å². The van der Waals surface area contributed by atoms with E-state index < -0.39 is 24.3 Å². The number of nitrogens with zero attached hydrogens (tertiary/aromatic N) is 1. The van der Waals surface area contributed by atoms with Gasteiger partial charge in [0.05, 0.1) is 10.0 Å². The molecule has 0 aliphatic carbocycles. The molecule has 0 spiro atoms. The quantitative estimate of drug-likeness (QED) is 0.320. The molecule has 1 saturated heterocycles. The molecular weight excluding hydrogens is 489 g/mol. The number of hydrogen-bond acceptors (Lipinski definition) is 5. The van der Waals surface area contributed by atoms with Gasteiger partial charge in [-0.05, 0) is 28.8 Å². The van der Waals surface area contributed by atoms with Gasteiger partial charge in [-0.25, -0.2) is 9.69 Å². The van der Waals surface area contributed by atoms with Crippen LogP contribution in [-0.2, 0) is 19.0 Å². The van der Waals surface area contributed by atoms with Crippen molar-refractivity contribution in [2.24, 2.45) is 0 Å². The van der Waals surface area contributed by atoms with Crippen molar-refractivity contribution in [3.8, 4) is 0 Å². The minimum Gasteiger partial charge on any atom is -0.446 e. The number of rotatable bonds is 8. The normalized spacial score (nSPS) is 16.4. The largest absolute Gasteiger partial charge is 0.446 e. The van der Waals surface area contributed by atoms with E-state index in [1.165, 1.54) is 4.90 Å². The van der Waals surface area contributed by atoms with Gasteiger partial charge in [0.15, 0.2) is 6.29 Å². The molecule has 1 fully saturated rings. The summed E-state index contributed by atoms with van der Waals surface area (Å²) in [6, 6.07) is 21.7. The van der Waals surface area contributed by atoms with Crippen molar-refractivity contribution in [3.63, 3.8) is 0 Å². The van der Waals surface area contributed by atoms with Crippen molar-refractivity contribution >= 4 is 35.2 Å². The number of carbonyl (C=O) groups is 2. The van der Waals surface area contributed by atoms with Gasteiger partial charge in [0, 0.05) is 32.1 Å². The first-order valence-electron chi connectivity index (χ1n) is 11.1. The number of methoxy groups -OCH3 is 2. The molecule has 3 aromatic rings. The zero-order valence-electron chi connectivity index (χ0n) is 19.3. The number of ether oxygens (including phenoxy) is 3. The predicted octanol–water partition coefficient (Wildman–Crippen LogP) is 6.53. The Kier molecular flexibility index (Phi) is 8.08. The lowest BCUT2D eigenvalue weighted by molar-refractivity contribution is -0.129. The Bertz CT molecular complexity index is 1200. The Labute approximate surface area is 214 Å². The van der Waals surface area contributed by atoms with E-state index in [4.69, 9.17) is 37.4 Å². The summed E-state index contributed by atoms with van der Waals surface area (Å²) in [6.07, 6.45) is -1.30. The van der Waals surface area contributed by atoms with Crippen molar-refractivity contribution in [3.05, 3.63) is 105 Å². The first-order chi connectivity index (χ1) is 16.9. The van der Waals surface area contributed by atoms with Gasteiger partial charge in [0.25, 0.3) is 0 Å². The lowest BCUT2D eigenvalue weighted by Gasteiger charge is -2.26. The number of halogens is 2. The van der Waals surface area contributed by atoms with Crippen molar-refractivity contribution in [1.29, 1.82) is 0 Å². The summed E-state index contributed by atoms with van der Waals surface area (Å²) < 4.78 is 16.3. The molecule has 0 bridgehead atoms. The second-order valence-corrected chi connectivity index (χ2v) is 8.94. The molecule has 3 aromatic carbocycles. The van der Waals surface area contributed by atoms with Crippen LogP contribution in [0.2, 0.25) is 10.0 Å². The van der Waals surface area contributed by atoms with Gasteiger partial charge in [-0.2, -0.15) is 0 Å². The zero-order chi connectivity index (χ0) is 24.9. The van der Waals surface area contributed by atoms with Crippen LogP contribution < -0.4 is 0 Å². The molecule has 0 unspecified atom stereocenters. The molecule has 1 heterocycles. The highest BCUT2D eigenvalue weighted by Crippen LogP contribution is 2.38. The molecule has 0 aromatic heterocycles. The number of benzene rings is 3. The standard InChI is InChI=1S/C27H25Cl2NO5/c1-33-26(34-2)20-11-7-6-10-19(20)21(18-12-13-22(28)23(29)14-18)15-25(31)30-24(16-35-27(30)32)17-8-4-3-5-9-17/h3-14,21,24,26H,15-16H2,1-2H3/t21-,24-/m0/s1. The Morgan fingerprint density at radius 1 is 0.971 bits per heavy atom. The van der Waals surface area contributed by atoms with E-state index in [-0.39, 0.29) is 18.9 Å². The van der Waals surface area contributed by atoms with Crippen LogP contribution in [0.15, 0.2) is 72.8 Å². The van der Waals surface area contributed by atoms with Gasteiger partial charge in [0.2, 0.25) is 5.91 Å². The third-order valence-electron chi connectivity index (χ3n) is 6.10. The molecule has 0 N–H and O–H groups in total. The number of hydrogen-bond donors (Lipinski definition) is 0. The van der Waals surface area contributed by atoms with E-state index in [1.54, 1.807) is 26.4 Å². The molecule has 1 aliphatic rings. The van der Waals surface area contributed by atoms with Crippen LogP contribution in [0, 0.1) is 0 Å². The fourth-order valence-electron chi connectivity index (χ4n) is 4.42. The van der Waals surface area contributed by atoms with E-state index in [1.807, 2.05) is 60.7 Å². The molecule has 2 atom stereocenters. The maximum Gasteiger partial charge on any atom is 0.417 e. The number of imide groups is 1. The minimum absolute atomic E-state index is 0.00639. The highest BCUT2D eigenvalue weighted by molar-refractivity contribution is 6.42. The maximum atomic E-state index is 13.7. The van der Waals surface area contributed by atoms with Crippen LogP contribution in [0.5, 0.6) is 0 Å². The van der Waals surface area contributed by atoms with Gasteiger partial charge in [-0.1, -0.05) is 83.9 Å². The van der Waals surface area contributed by atoms with Crippen LogP contribution in [0.1, 0.15) is 46.9 Å². The molecule has 0 radical (unpaired) electrons. The molecule has 1 aliphatic heterocycles.